The van der Waals surface area contributed by atoms with Gasteiger partial charge >= 0.3 is 0 Å². The maximum absolute atomic E-state index is 12.1. The van der Waals surface area contributed by atoms with Gasteiger partial charge in [0.15, 0.2) is 5.82 Å². The van der Waals surface area contributed by atoms with Gasteiger partial charge in [0, 0.05) is 13.2 Å². The highest BCUT2D eigenvalue weighted by Crippen LogP contribution is 2.19. The fraction of sp³-hybridized carbons (Fsp3) is 0.364. The maximum Gasteiger partial charge on any atom is 0.260 e. The maximum atomic E-state index is 12.1. The van der Waals surface area contributed by atoms with Crippen molar-refractivity contribution < 1.29 is 4.79 Å². The Morgan fingerprint density at radius 1 is 1.61 bits per heavy atom. The summed E-state index contributed by atoms with van der Waals surface area (Å²) in [6, 6.07) is 0. The second kappa shape index (κ2) is 4.52. The van der Waals surface area contributed by atoms with Crippen molar-refractivity contribution in [2.24, 2.45) is 7.05 Å². The molecule has 0 bridgehead atoms. The third-order valence-electron chi connectivity index (χ3n) is 2.71. The van der Waals surface area contributed by atoms with Gasteiger partial charge in [0.1, 0.15) is 0 Å². The van der Waals surface area contributed by atoms with E-state index in [1.165, 1.54) is 0 Å². The summed E-state index contributed by atoms with van der Waals surface area (Å²) in [7, 11) is 1.78. The molecule has 0 saturated carbocycles. The number of carbonyl (C=O) groups excluding carboxylic acids is 1. The van der Waals surface area contributed by atoms with Crippen LogP contribution < -0.4 is 11.1 Å². The molecule has 0 fully saturated rings. The number of nitrogen functional groups attached to an aromatic ring is 1. The molecule has 0 saturated heterocycles. The van der Waals surface area contributed by atoms with Crippen molar-refractivity contribution in [1.29, 1.82) is 0 Å². The number of anilines is 2. The Morgan fingerprint density at radius 3 is 2.89 bits per heavy atom. The lowest BCUT2D eigenvalue weighted by Crippen LogP contribution is -2.14. The third kappa shape index (κ3) is 2.06. The van der Waals surface area contributed by atoms with Crippen LogP contribution in [0.4, 0.5) is 11.5 Å². The second-order valence-electron chi connectivity index (χ2n) is 4.08. The van der Waals surface area contributed by atoms with E-state index in [1.807, 2.05) is 6.92 Å². The van der Waals surface area contributed by atoms with Crippen molar-refractivity contribution in [2.45, 2.75) is 20.3 Å². The van der Waals surface area contributed by atoms with Crippen molar-refractivity contribution in [3.05, 3.63) is 23.1 Å². The number of nitrogens with zero attached hydrogens (tertiary/aromatic N) is 3. The molecule has 4 N–H and O–H groups in total. The van der Waals surface area contributed by atoms with Crippen molar-refractivity contribution in [3.63, 3.8) is 0 Å². The minimum atomic E-state index is -0.252. The summed E-state index contributed by atoms with van der Waals surface area (Å²) in [6.07, 6.45) is 2.38. The molecule has 2 rings (SSSR count). The quantitative estimate of drug-likeness (QED) is 0.749. The Kier molecular flexibility index (Phi) is 3.05. The third-order valence-corrected chi connectivity index (χ3v) is 2.71. The van der Waals surface area contributed by atoms with Crippen LogP contribution in [0.3, 0.4) is 0 Å². The van der Waals surface area contributed by atoms with E-state index in [-0.39, 0.29) is 5.91 Å². The monoisotopic (exact) mass is 248 g/mol. The summed E-state index contributed by atoms with van der Waals surface area (Å²) in [4.78, 5) is 12.1. The van der Waals surface area contributed by atoms with Crippen molar-refractivity contribution >= 4 is 17.4 Å². The Labute approximate surface area is 104 Å². The highest BCUT2D eigenvalue weighted by Gasteiger charge is 2.17. The van der Waals surface area contributed by atoms with E-state index in [1.54, 1.807) is 24.9 Å². The molecule has 2 aromatic heterocycles. The molecule has 7 heteroatoms. The summed E-state index contributed by atoms with van der Waals surface area (Å²) in [5.74, 6) is 0.0987. The van der Waals surface area contributed by atoms with E-state index >= 15 is 0 Å². The van der Waals surface area contributed by atoms with E-state index in [0.29, 0.717) is 23.5 Å². The molecule has 0 aliphatic carbocycles. The zero-order valence-electron chi connectivity index (χ0n) is 10.6. The number of carbonyl (C=O) groups is 1. The molecular formula is C11H16N6O. The lowest BCUT2D eigenvalue weighted by atomic mass is 10.2. The highest BCUT2D eigenvalue weighted by molar-refractivity contribution is 6.05. The SMILES string of the molecule is CCc1nn(C)cc1C(=O)Nc1n[nH]c(C)c1N. The summed E-state index contributed by atoms with van der Waals surface area (Å²) in [5, 5.41) is 13.5. The first-order valence-electron chi connectivity index (χ1n) is 5.67. The minimum Gasteiger partial charge on any atom is -0.394 e. The number of aromatic amines is 1. The summed E-state index contributed by atoms with van der Waals surface area (Å²) < 4.78 is 1.62. The van der Waals surface area contributed by atoms with Gasteiger partial charge in [-0.1, -0.05) is 6.92 Å². The smallest absolute Gasteiger partial charge is 0.260 e. The summed E-state index contributed by atoms with van der Waals surface area (Å²) in [6.45, 7) is 3.74. The summed E-state index contributed by atoms with van der Waals surface area (Å²) >= 11 is 0. The first kappa shape index (κ1) is 12.2. The summed E-state index contributed by atoms with van der Waals surface area (Å²) in [5.41, 5.74) is 8.25. The predicted molar refractivity (Wildman–Crippen MR) is 68.3 cm³/mol. The van der Waals surface area contributed by atoms with Gasteiger partial charge in [0.2, 0.25) is 0 Å². The molecule has 0 spiro atoms. The van der Waals surface area contributed by atoms with E-state index in [0.717, 1.165) is 11.4 Å². The topological polar surface area (TPSA) is 102 Å². The van der Waals surface area contributed by atoms with Gasteiger partial charge in [-0.15, -0.1) is 0 Å². The number of rotatable bonds is 3. The standard InChI is InChI=1S/C11H16N6O/c1-4-8-7(5-17(3)16-8)11(18)13-10-9(12)6(2)14-15-10/h5H,4,12H2,1-3H3,(H2,13,14,15,18). The van der Waals surface area contributed by atoms with Gasteiger partial charge in [0.25, 0.3) is 5.91 Å². The Balaban J connectivity index is 2.24. The molecule has 0 radical (unpaired) electrons. The minimum absolute atomic E-state index is 0.252. The molecule has 0 aromatic carbocycles. The lowest BCUT2D eigenvalue weighted by Gasteiger charge is -2.02. The molecular weight excluding hydrogens is 232 g/mol. The molecule has 0 aliphatic heterocycles. The number of hydrogen-bond acceptors (Lipinski definition) is 4. The average molecular weight is 248 g/mol. The average Bonchev–Trinajstić information content (AvgIpc) is 2.86. The predicted octanol–water partition coefficient (Wildman–Crippen LogP) is 0.849. The zero-order valence-corrected chi connectivity index (χ0v) is 10.6. The molecule has 7 nitrogen and oxygen atoms in total. The number of aromatic nitrogens is 4. The van der Waals surface area contributed by atoms with E-state index in [4.69, 9.17) is 5.73 Å². The van der Waals surface area contributed by atoms with Crippen LogP contribution in [0.15, 0.2) is 6.20 Å². The molecule has 0 atom stereocenters. The Bertz CT molecular complexity index is 582. The van der Waals surface area contributed by atoms with Crippen LogP contribution in [0.1, 0.15) is 28.7 Å². The van der Waals surface area contributed by atoms with Crippen molar-refractivity contribution in [2.75, 3.05) is 11.1 Å². The molecule has 2 heterocycles. The van der Waals surface area contributed by atoms with Crippen LogP contribution in [0, 0.1) is 6.92 Å². The van der Waals surface area contributed by atoms with Gasteiger partial charge in [-0.3, -0.25) is 14.6 Å². The lowest BCUT2D eigenvalue weighted by molar-refractivity contribution is 0.102. The molecule has 0 unspecified atom stereocenters. The number of nitrogens with two attached hydrogens (primary N) is 1. The zero-order chi connectivity index (χ0) is 13.3. The van der Waals surface area contributed by atoms with Crippen LogP contribution in [-0.2, 0) is 13.5 Å². The van der Waals surface area contributed by atoms with Crippen LogP contribution in [0.2, 0.25) is 0 Å². The van der Waals surface area contributed by atoms with E-state index in [2.05, 4.69) is 20.6 Å². The molecule has 0 aliphatic rings. The fourth-order valence-corrected chi connectivity index (χ4v) is 1.69. The molecule has 1 amide bonds. The highest BCUT2D eigenvalue weighted by atomic mass is 16.1. The van der Waals surface area contributed by atoms with E-state index < -0.39 is 0 Å². The molecule has 18 heavy (non-hydrogen) atoms. The van der Waals surface area contributed by atoms with Gasteiger partial charge in [-0.2, -0.15) is 10.2 Å². The van der Waals surface area contributed by atoms with Gasteiger partial charge in [-0.05, 0) is 13.3 Å². The normalized spacial score (nSPS) is 10.6. The van der Waals surface area contributed by atoms with Gasteiger partial charge in [0.05, 0.1) is 22.6 Å². The number of hydrogen-bond donors (Lipinski definition) is 3. The largest absolute Gasteiger partial charge is 0.394 e. The van der Waals surface area contributed by atoms with Crippen LogP contribution in [0.5, 0.6) is 0 Å². The number of amides is 1. The van der Waals surface area contributed by atoms with Crippen LogP contribution in [-0.4, -0.2) is 25.9 Å². The first-order valence-corrected chi connectivity index (χ1v) is 5.67. The van der Waals surface area contributed by atoms with Gasteiger partial charge < -0.3 is 11.1 Å². The van der Waals surface area contributed by atoms with Gasteiger partial charge in [-0.25, -0.2) is 0 Å². The number of nitrogens with one attached hydrogen (secondary N) is 2. The van der Waals surface area contributed by atoms with Crippen molar-refractivity contribution in [1.82, 2.24) is 20.0 Å². The van der Waals surface area contributed by atoms with Crippen LogP contribution in [0.25, 0.3) is 0 Å². The second-order valence-corrected chi connectivity index (χ2v) is 4.08. The first-order chi connectivity index (χ1) is 8.52. The number of aryl methyl sites for hydroxylation is 3. The Morgan fingerprint density at radius 2 is 2.33 bits per heavy atom. The Hall–Kier alpha value is -2.31. The van der Waals surface area contributed by atoms with E-state index in [9.17, 15) is 4.79 Å². The fourth-order valence-electron chi connectivity index (χ4n) is 1.69. The van der Waals surface area contributed by atoms with Crippen molar-refractivity contribution in [3.8, 4) is 0 Å². The molecule has 96 valence electrons. The van der Waals surface area contributed by atoms with Crippen LogP contribution >= 0.6 is 0 Å². The number of H-pyrrole nitrogens is 1. The molecule has 2 aromatic rings.